The Morgan fingerprint density at radius 1 is 1.50 bits per heavy atom. The fraction of sp³-hybridized carbons (Fsp3) is 0.583. The second kappa shape index (κ2) is 4.97. The molecule has 3 N–H and O–H groups in total. The Balaban J connectivity index is 2.47. The van der Waals surface area contributed by atoms with Crippen LogP contribution < -0.4 is 11.1 Å². The van der Waals surface area contributed by atoms with Crippen molar-refractivity contribution >= 4 is 17.2 Å². The van der Waals surface area contributed by atoms with Gasteiger partial charge in [0.15, 0.2) is 0 Å². The van der Waals surface area contributed by atoms with E-state index in [1.54, 1.807) is 11.3 Å². The minimum Gasteiger partial charge on any atom is -0.350 e. The first-order valence-electron chi connectivity index (χ1n) is 5.39. The van der Waals surface area contributed by atoms with Crippen LogP contribution in [-0.4, -0.2) is 11.9 Å². The van der Waals surface area contributed by atoms with Crippen LogP contribution in [0.1, 0.15) is 30.5 Å². The second-order valence-electron chi connectivity index (χ2n) is 5.07. The third-order valence-corrected chi connectivity index (χ3v) is 3.45. The molecule has 0 aliphatic heterocycles. The van der Waals surface area contributed by atoms with E-state index in [4.69, 9.17) is 5.73 Å². The summed E-state index contributed by atoms with van der Waals surface area (Å²) in [5.41, 5.74) is 5.66. The summed E-state index contributed by atoms with van der Waals surface area (Å²) < 4.78 is 0. The molecule has 0 aliphatic carbocycles. The molecule has 1 unspecified atom stereocenters. The Kier molecular flexibility index (Phi) is 4.10. The van der Waals surface area contributed by atoms with Crippen LogP contribution >= 0.6 is 11.3 Å². The Morgan fingerprint density at radius 3 is 2.56 bits per heavy atom. The summed E-state index contributed by atoms with van der Waals surface area (Å²) in [5, 5.41) is 2.87. The van der Waals surface area contributed by atoms with Gasteiger partial charge in [-0.3, -0.25) is 4.79 Å². The average Bonchev–Trinajstić information content (AvgIpc) is 2.58. The molecule has 0 saturated heterocycles. The number of hydrogen-bond donors (Lipinski definition) is 2. The highest BCUT2D eigenvalue weighted by Crippen LogP contribution is 2.18. The molecular formula is C12H20N2OS. The Morgan fingerprint density at radius 2 is 2.12 bits per heavy atom. The second-order valence-corrected chi connectivity index (χ2v) is 6.45. The van der Waals surface area contributed by atoms with Gasteiger partial charge in [-0.1, -0.05) is 20.8 Å². The number of carbonyl (C=O) groups excluding carboxylic acids is 1. The SMILES string of the molecule is Cc1ccc(CNC(=O)C(N)C(C)(C)C)s1. The van der Waals surface area contributed by atoms with Crippen molar-refractivity contribution in [1.29, 1.82) is 0 Å². The van der Waals surface area contributed by atoms with Gasteiger partial charge in [-0.15, -0.1) is 11.3 Å². The summed E-state index contributed by atoms with van der Waals surface area (Å²) in [6, 6.07) is 3.62. The van der Waals surface area contributed by atoms with Crippen LogP contribution in [0, 0.1) is 12.3 Å². The quantitative estimate of drug-likeness (QED) is 0.849. The molecule has 1 atom stereocenters. The molecule has 0 aliphatic rings. The Bertz CT molecular complexity index is 365. The largest absolute Gasteiger partial charge is 0.350 e. The third kappa shape index (κ3) is 3.61. The van der Waals surface area contributed by atoms with E-state index >= 15 is 0 Å². The first-order chi connectivity index (χ1) is 7.30. The van der Waals surface area contributed by atoms with Crippen molar-refractivity contribution in [3.8, 4) is 0 Å². The molecule has 0 saturated carbocycles. The highest BCUT2D eigenvalue weighted by molar-refractivity contribution is 7.11. The van der Waals surface area contributed by atoms with Gasteiger partial charge in [-0.2, -0.15) is 0 Å². The minimum atomic E-state index is -0.464. The number of amides is 1. The predicted molar refractivity (Wildman–Crippen MR) is 68.3 cm³/mol. The Hall–Kier alpha value is -0.870. The van der Waals surface area contributed by atoms with Crippen molar-refractivity contribution in [2.75, 3.05) is 0 Å². The molecule has 1 aromatic heterocycles. The van der Waals surface area contributed by atoms with Crippen molar-refractivity contribution in [2.24, 2.45) is 11.1 Å². The van der Waals surface area contributed by atoms with Gasteiger partial charge < -0.3 is 11.1 Å². The lowest BCUT2D eigenvalue weighted by molar-refractivity contribution is -0.124. The smallest absolute Gasteiger partial charge is 0.237 e. The summed E-state index contributed by atoms with van der Waals surface area (Å²) in [6.45, 7) is 8.52. The Labute approximate surface area is 101 Å². The number of rotatable bonds is 3. The zero-order valence-electron chi connectivity index (χ0n) is 10.3. The van der Waals surface area contributed by atoms with Crippen LogP contribution in [0.5, 0.6) is 0 Å². The molecule has 3 nitrogen and oxygen atoms in total. The summed E-state index contributed by atoms with van der Waals surface area (Å²) in [6.07, 6.45) is 0. The first-order valence-corrected chi connectivity index (χ1v) is 6.21. The number of aryl methyl sites for hydroxylation is 1. The molecule has 16 heavy (non-hydrogen) atoms. The number of nitrogens with one attached hydrogen (secondary N) is 1. The molecule has 0 fully saturated rings. The molecular weight excluding hydrogens is 220 g/mol. The lowest BCUT2D eigenvalue weighted by Gasteiger charge is -2.25. The van der Waals surface area contributed by atoms with Crippen LogP contribution in [-0.2, 0) is 11.3 Å². The van der Waals surface area contributed by atoms with E-state index in [9.17, 15) is 4.79 Å². The van der Waals surface area contributed by atoms with Gasteiger partial charge in [0.25, 0.3) is 0 Å². The molecule has 1 heterocycles. The van der Waals surface area contributed by atoms with Crippen molar-refractivity contribution in [3.63, 3.8) is 0 Å². The van der Waals surface area contributed by atoms with Crippen molar-refractivity contribution in [3.05, 3.63) is 21.9 Å². The summed E-state index contributed by atoms with van der Waals surface area (Å²) in [7, 11) is 0. The van der Waals surface area contributed by atoms with Crippen LogP contribution in [0.2, 0.25) is 0 Å². The molecule has 4 heteroatoms. The average molecular weight is 240 g/mol. The van der Waals surface area contributed by atoms with Gasteiger partial charge >= 0.3 is 0 Å². The molecule has 0 radical (unpaired) electrons. The fourth-order valence-corrected chi connectivity index (χ4v) is 2.09. The summed E-state index contributed by atoms with van der Waals surface area (Å²) in [5.74, 6) is -0.0847. The van der Waals surface area contributed by atoms with Gasteiger partial charge in [0.05, 0.1) is 12.6 Å². The van der Waals surface area contributed by atoms with Crippen LogP contribution in [0.3, 0.4) is 0 Å². The van der Waals surface area contributed by atoms with Crippen LogP contribution in [0.4, 0.5) is 0 Å². The predicted octanol–water partition coefficient (Wildman–Crippen LogP) is 2.05. The van der Waals surface area contributed by atoms with Gasteiger partial charge in [-0.25, -0.2) is 0 Å². The monoisotopic (exact) mass is 240 g/mol. The minimum absolute atomic E-state index is 0.0847. The molecule has 0 aromatic carbocycles. The van der Waals surface area contributed by atoms with E-state index in [1.807, 2.05) is 26.8 Å². The number of nitrogens with two attached hydrogens (primary N) is 1. The third-order valence-electron chi connectivity index (χ3n) is 2.45. The van der Waals surface area contributed by atoms with Crippen molar-refractivity contribution in [2.45, 2.75) is 40.3 Å². The molecule has 0 bridgehead atoms. The number of carbonyl (C=O) groups is 1. The maximum absolute atomic E-state index is 11.7. The maximum Gasteiger partial charge on any atom is 0.237 e. The number of hydrogen-bond acceptors (Lipinski definition) is 3. The van der Waals surface area contributed by atoms with Crippen molar-refractivity contribution in [1.82, 2.24) is 5.32 Å². The molecule has 1 aromatic rings. The van der Waals surface area contributed by atoms with Crippen LogP contribution in [0.25, 0.3) is 0 Å². The van der Waals surface area contributed by atoms with Gasteiger partial charge in [0, 0.05) is 9.75 Å². The van der Waals surface area contributed by atoms with Crippen molar-refractivity contribution < 1.29 is 4.79 Å². The number of thiophene rings is 1. The summed E-state index contributed by atoms with van der Waals surface area (Å²) in [4.78, 5) is 14.2. The van der Waals surface area contributed by atoms with E-state index in [2.05, 4.69) is 18.3 Å². The zero-order chi connectivity index (χ0) is 12.3. The first kappa shape index (κ1) is 13.2. The zero-order valence-corrected chi connectivity index (χ0v) is 11.1. The van der Waals surface area contributed by atoms with Crippen LogP contribution in [0.15, 0.2) is 12.1 Å². The lowest BCUT2D eigenvalue weighted by atomic mass is 9.87. The van der Waals surface area contributed by atoms with Gasteiger partial charge in [0.2, 0.25) is 5.91 Å². The standard InChI is InChI=1S/C12H20N2OS/c1-8-5-6-9(16-8)7-14-11(15)10(13)12(2,3)4/h5-6,10H,7,13H2,1-4H3,(H,14,15). The summed E-state index contributed by atoms with van der Waals surface area (Å²) >= 11 is 1.69. The molecule has 1 rings (SSSR count). The molecule has 1 amide bonds. The van der Waals surface area contributed by atoms with E-state index in [-0.39, 0.29) is 11.3 Å². The lowest BCUT2D eigenvalue weighted by Crippen LogP contribution is -2.48. The topological polar surface area (TPSA) is 55.1 Å². The highest BCUT2D eigenvalue weighted by atomic mass is 32.1. The van der Waals surface area contributed by atoms with E-state index < -0.39 is 6.04 Å². The van der Waals surface area contributed by atoms with E-state index in [0.717, 1.165) is 4.88 Å². The normalized spacial score (nSPS) is 13.6. The molecule has 0 spiro atoms. The van der Waals surface area contributed by atoms with E-state index in [0.29, 0.717) is 6.54 Å². The van der Waals surface area contributed by atoms with Gasteiger partial charge in [0.1, 0.15) is 0 Å². The maximum atomic E-state index is 11.7. The molecule has 90 valence electrons. The fourth-order valence-electron chi connectivity index (χ4n) is 1.26. The van der Waals surface area contributed by atoms with E-state index in [1.165, 1.54) is 4.88 Å². The highest BCUT2D eigenvalue weighted by Gasteiger charge is 2.27. The van der Waals surface area contributed by atoms with Gasteiger partial charge in [-0.05, 0) is 24.5 Å².